The molecule has 1 fully saturated rings. The summed E-state index contributed by atoms with van der Waals surface area (Å²) in [5, 5.41) is 0.811. The number of hydrogen-bond donors (Lipinski definition) is 0. The van der Waals surface area contributed by atoms with Crippen LogP contribution in [0.1, 0.15) is 54.0 Å². The van der Waals surface area contributed by atoms with Gasteiger partial charge in [-0.1, -0.05) is 44.2 Å². The lowest BCUT2D eigenvalue weighted by atomic mass is 9.76. The molecule has 6 heteroatoms. The van der Waals surface area contributed by atoms with Crippen molar-refractivity contribution in [3.63, 3.8) is 0 Å². The third kappa shape index (κ3) is 4.99. The Kier molecular flexibility index (Phi) is 6.32. The highest BCUT2D eigenvalue weighted by Crippen LogP contribution is 2.37. The summed E-state index contributed by atoms with van der Waals surface area (Å²) in [7, 11) is -2.29. The lowest BCUT2D eigenvalue weighted by Crippen LogP contribution is -2.41. The maximum absolute atomic E-state index is 6.23. The normalized spacial score (nSPS) is 19.0. The van der Waals surface area contributed by atoms with Crippen molar-refractivity contribution in [3.8, 4) is 11.8 Å². The summed E-state index contributed by atoms with van der Waals surface area (Å²) in [6, 6.07) is 5.64. The van der Waals surface area contributed by atoms with Crippen LogP contribution in [0.4, 0.5) is 0 Å². The van der Waals surface area contributed by atoms with Crippen LogP contribution in [0.5, 0.6) is 0 Å². The van der Waals surface area contributed by atoms with E-state index < -0.39 is 26.6 Å². The van der Waals surface area contributed by atoms with Gasteiger partial charge in [-0.2, -0.15) is 0 Å². The fourth-order valence-electron chi connectivity index (χ4n) is 2.38. The summed E-state index contributed by atoms with van der Waals surface area (Å²) in [6.07, 6.45) is 0. The van der Waals surface area contributed by atoms with Crippen LogP contribution in [0.15, 0.2) is 18.2 Å². The van der Waals surface area contributed by atoms with Crippen LogP contribution in [0.25, 0.3) is 0 Å². The Hall–Kier alpha value is -0.768. The molecule has 1 aliphatic rings. The fourth-order valence-corrected chi connectivity index (χ4v) is 3.42. The second kappa shape index (κ2) is 7.57. The summed E-state index contributed by atoms with van der Waals surface area (Å²) in [5.74, 6) is 6.39. The first-order valence-electron chi connectivity index (χ1n) is 9.44. The minimum absolute atomic E-state index is 0.169. The minimum Gasteiger partial charge on any atom is -0.406 e. The van der Waals surface area contributed by atoms with Gasteiger partial charge in [-0.15, -0.1) is 0 Å². The third-order valence-corrected chi connectivity index (χ3v) is 10.8. The molecular formula is C21H32BClO3Si. The van der Waals surface area contributed by atoms with Crippen molar-refractivity contribution in [1.82, 2.24) is 0 Å². The SMILES string of the molecule is CC1(C)OB(c2cc(Cl)ccc2C#CCO[Si](C)(C)C(C)(C)C)OC1(C)C. The molecule has 0 bridgehead atoms. The molecule has 1 heterocycles. The highest BCUT2D eigenvalue weighted by atomic mass is 35.5. The van der Waals surface area contributed by atoms with Gasteiger partial charge >= 0.3 is 7.12 Å². The molecule has 0 atom stereocenters. The van der Waals surface area contributed by atoms with Crippen LogP contribution in [0.2, 0.25) is 23.2 Å². The van der Waals surface area contributed by atoms with Crippen molar-refractivity contribution >= 4 is 32.5 Å². The van der Waals surface area contributed by atoms with Gasteiger partial charge in [-0.3, -0.25) is 0 Å². The molecule has 0 N–H and O–H groups in total. The molecule has 0 amide bonds. The van der Waals surface area contributed by atoms with Gasteiger partial charge in [0.25, 0.3) is 0 Å². The molecular weight excluding hydrogens is 375 g/mol. The van der Waals surface area contributed by atoms with Crippen molar-refractivity contribution in [2.45, 2.75) is 77.8 Å². The van der Waals surface area contributed by atoms with Gasteiger partial charge < -0.3 is 13.7 Å². The van der Waals surface area contributed by atoms with Crippen molar-refractivity contribution in [3.05, 3.63) is 28.8 Å². The van der Waals surface area contributed by atoms with E-state index in [9.17, 15) is 0 Å². The van der Waals surface area contributed by atoms with Crippen LogP contribution in [-0.4, -0.2) is 33.2 Å². The topological polar surface area (TPSA) is 27.7 Å². The first kappa shape index (κ1) is 22.5. The van der Waals surface area contributed by atoms with Crippen molar-refractivity contribution in [2.75, 3.05) is 6.61 Å². The molecule has 0 saturated carbocycles. The van der Waals surface area contributed by atoms with E-state index in [1.54, 1.807) is 0 Å². The Balaban J connectivity index is 2.21. The monoisotopic (exact) mass is 406 g/mol. The predicted octanol–water partition coefficient (Wildman–Crippen LogP) is 5.01. The van der Waals surface area contributed by atoms with E-state index in [2.05, 4.69) is 45.7 Å². The lowest BCUT2D eigenvalue weighted by Gasteiger charge is -2.35. The molecule has 27 heavy (non-hydrogen) atoms. The van der Waals surface area contributed by atoms with Gasteiger partial charge in [-0.05, 0) is 69.5 Å². The van der Waals surface area contributed by atoms with Crippen LogP contribution in [0, 0.1) is 11.8 Å². The van der Waals surface area contributed by atoms with Gasteiger partial charge in [0.1, 0.15) is 0 Å². The zero-order valence-electron chi connectivity index (χ0n) is 18.1. The summed E-state index contributed by atoms with van der Waals surface area (Å²) in [5.41, 5.74) is 0.907. The molecule has 1 aromatic carbocycles. The number of benzene rings is 1. The lowest BCUT2D eigenvalue weighted by molar-refractivity contribution is 0.00578. The second-order valence-corrected chi connectivity index (χ2v) is 14.9. The predicted molar refractivity (Wildman–Crippen MR) is 117 cm³/mol. The van der Waals surface area contributed by atoms with Gasteiger partial charge in [0.2, 0.25) is 0 Å². The Morgan fingerprint density at radius 3 is 2.19 bits per heavy atom. The maximum atomic E-state index is 6.23. The zero-order valence-corrected chi connectivity index (χ0v) is 19.9. The third-order valence-electron chi connectivity index (χ3n) is 6.06. The molecule has 2 rings (SSSR count). The smallest absolute Gasteiger partial charge is 0.406 e. The first-order chi connectivity index (χ1) is 12.2. The summed E-state index contributed by atoms with van der Waals surface area (Å²) < 4.78 is 18.5. The highest BCUT2D eigenvalue weighted by molar-refractivity contribution is 6.74. The van der Waals surface area contributed by atoms with Gasteiger partial charge in [0.05, 0.1) is 17.8 Å². The highest BCUT2D eigenvalue weighted by Gasteiger charge is 2.52. The number of halogens is 1. The molecule has 3 nitrogen and oxygen atoms in total. The molecule has 0 unspecified atom stereocenters. The molecule has 1 aromatic rings. The van der Waals surface area contributed by atoms with E-state index in [0.717, 1.165) is 11.0 Å². The summed E-state index contributed by atoms with van der Waals surface area (Å²) >= 11 is 6.23. The molecule has 1 saturated heterocycles. The van der Waals surface area contributed by atoms with Crippen LogP contribution in [0.3, 0.4) is 0 Å². The minimum atomic E-state index is -1.80. The summed E-state index contributed by atoms with van der Waals surface area (Å²) in [4.78, 5) is 0. The molecule has 0 radical (unpaired) electrons. The molecule has 0 spiro atoms. The Labute approximate surface area is 171 Å². The van der Waals surface area contributed by atoms with E-state index in [1.807, 2.05) is 45.9 Å². The molecule has 0 aliphatic carbocycles. The Bertz CT molecular complexity index is 741. The number of hydrogen-bond acceptors (Lipinski definition) is 3. The largest absolute Gasteiger partial charge is 0.496 e. The average molecular weight is 407 g/mol. The van der Waals surface area contributed by atoms with Crippen LogP contribution >= 0.6 is 11.6 Å². The van der Waals surface area contributed by atoms with Gasteiger partial charge in [-0.25, -0.2) is 0 Å². The van der Waals surface area contributed by atoms with E-state index in [0.29, 0.717) is 11.6 Å². The first-order valence-corrected chi connectivity index (χ1v) is 12.7. The Morgan fingerprint density at radius 1 is 1.11 bits per heavy atom. The molecule has 1 aliphatic heterocycles. The number of rotatable bonds is 3. The van der Waals surface area contributed by atoms with Crippen molar-refractivity contribution < 1.29 is 13.7 Å². The Morgan fingerprint density at radius 2 is 1.67 bits per heavy atom. The van der Waals surface area contributed by atoms with E-state index >= 15 is 0 Å². The van der Waals surface area contributed by atoms with Crippen LogP contribution < -0.4 is 5.46 Å². The zero-order chi connectivity index (χ0) is 20.7. The van der Waals surface area contributed by atoms with Gasteiger partial charge in [0, 0.05) is 10.6 Å². The van der Waals surface area contributed by atoms with Crippen LogP contribution in [-0.2, 0) is 13.7 Å². The average Bonchev–Trinajstić information content (AvgIpc) is 2.72. The molecule has 0 aromatic heterocycles. The van der Waals surface area contributed by atoms with Crippen molar-refractivity contribution in [2.24, 2.45) is 0 Å². The second-order valence-electron chi connectivity index (χ2n) is 9.67. The van der Waals surface area contributed by atoms with E-state index in [4.69, 9.17) is 25.3 Å². The van der Waals surface area contributed by atoms with E-state index in [1.165, 1.54) is 0 Å². The quantitative estimate of drug-likeness (QED) is 0.521. The van der Waals surface area contributed by atoms with Crippen molar-refractivity contribution in [1.29, 1.82) is 0 Å². The standard InChI is InChI=1S/C21H32BClO3Si/c1-19(2,3)27(8,9)24-14-10-11-16-12-13-17(23)15-18(16)22-25-20(4,5)21(6,7)26-22/h12-13,15H,14H2,1-9H3. The molecule has 148 valence electrons. The van der Waals surface area contributed by atoms with Gasteiger partial charge in [0.15, 0.2) is 8.32 Å². The van der Waals surface area contributed by atoms with E-state index in [-0.39, 0.29) is 5.04 Å². The summed E-state index contributed by atoms with van der Waals surface area (Å²) in [6.45, 7) is 19.7. The maximum Gasteiger partial charge on any atom is 0.496 e. The fraction of sp³-hybridized carbons (Fsp3) is 0.619.